The predicted molar refractivity (Wildman–Crippen MR) is 85.5 cm³/mol. The average Bonchev–Trinajstić information content (AvgIpc) is 2.38. The van der Waals surface area contributed by atoms with Gasteiger partial charge in [0.05, 0.1) is 6.04 Å². The molecule has 1 fully saturated rings. The quantitative estimate of drug-likeness (QED) is 0.928. The first kappa shape index (κ1) is 17.3. The van der Waals surface area contributed by atoms with Crippen LogP contribution in [0.3, 0.4) is 0 Å². The Morgan fingerprint density at radius 2 is 2.15 bits per heavy atom. The monoisotopic (exact) mass is 316 g/mol. The summed E-state index contributed by atoms with van der Waals surface area (Å²) in [6.45, 7) is 6.52. The van der Waals surface area contributed by atoms with Crippen LogP contribution in [0.2, 0.25) is 5.02 Å². The number of benzene rings is 1. The van der Waals surface area contributed by atoms with E-state index in [0.717, 1.165) is 30.2 Å². The van der Waals surface area contributed by atoms with Crippen LogP contribution in [0.5, 0.6) is 0 Å². The van der Waals surface area contributed by atoms with Crippen LogP contribution in [-0.4, -0.2) is 30.4 Å². The molecule has 0 radical (unpaired) electrons. The van der Waals surface area contributed by atoms with E-state index in [9.17, 15) is 4.79 Å². The van der Waals surface area contributed by atoms with Gasteiger partial charge in [0.25, 0.3) is 0 Å². The molecular formula is C15H22Cl2N2O. The van der Waals surface area contributed by atoms with Crippen LogP contribution in [-0.2, 0) is 4.79 Å². The number of carbonyl (C=O) groups is 1. The van der Waals surface area contributed by atoms with Gasteiger partial charge in [-0.1, -0.05) is 43.6 Å². The van der Waals surface area contributed by atoms with Crippen molar-refractivity contribution in [3.8, 4) is 0 Å². The molecule has 0 saturated carbocycles. The van der Waals surface area contributed by atoms with Crippen molar-refractivity contribution in [3.05, 3.63) is 34.9 Å². The van der Waals surface area contributed by atoms with Crippen molar-refractivity contribution >= 4 is 29.9 Å². The average molecular weight is 317 g/mol. The zero-order valence-electron chi connectivity index (χ0n) is 11.9. The highest BCUT2D eigenvalue weighted by molar-refractivity contribution is 6.31. The lowest BCUT2D eigenvalue weighted by molar-refractivity contribution is -0.135. The Bertz CT molecular complexity index is 451. The first-order valence-electron chi connectivity index (χ1n) is 6.84. The summed E-state index contributed by atoms with van der Waals surface area (Å²) in [7, 11) is 0. The summed E-state index contributed by atoms with van der Waals surface area (Å²) < 4.78 is 0. The molecule has 1 aromatic rings. The smallest absolute Gasteiger partial charge is 0.223 e. The predicted octanol–water partition coefficient (Wildman–Crippen LogP) is 3.28. The Hall–Kier alpha value is -0.770. The Morgan fingerprint density at radius 1 is 1.45 bits per heavy atom. The summed E-state index contributed by atoms with van der Waals surface area (Å²) in [5.41, 5.74) is 1.04. The molecule has 112 valence electrons. The molecule has 2 rings (SSSR count). The van der Waals surface area contributed by atoms with Crippen molar-refractivity contribution in [2.24, 2.45) is 5.92 Å². The number of rotatable bonds is 3. The zero-order valence-corrected chi connectivity index (χ0v) is 13.5. The van der Waals surface area contributed by atoms with Gasteiger partial charge in [0.1, 0.15) is 0 Å². The number of amides is 1. The summed E-state index contributed by atoms with van der Waals surface area (Å²) in [5.74, 6) is 0.607. The fourth-order valence-corrected chi connectivity index (χ4v) is 2.75. The molecule has 1 N–H and O–H groups in total. The fourth-order valence-electron chi connectivity index (χ4n) is 2.49. The summed E-state index contributed by atoms with van der Waals surface area (Å²) in [4.78, 5) is 14.3. The van der Waals surface area contributed by atoms with Crippen LogP contribution < -0.4 is 5.32 Å². The van der Waals surface area contributed by atoms with E-state index in [1.54, 1.807) is 0 Å². The van der Waals surface area contributed by atoms with Gasteiger partial charge in [0.15, 0.2) is 0 Å². The highest BCUT2D eigenvalue weighted by Crippen LogP contribution is 2.29. The van der Waals surface area contributed by atoms with E-state index in [4.69, 9.17) is 11.6 Å². The molecule has 0 spiro atoms. The number of nitrogens with zero attached hydrogens (tertiary/aromatic N) is 1. The highest BCUT2D eigenvalue weighted by atomic mass is 35.5. The fraction of sp³-hybridized carbons (Fsp3) is 0.533. The van der Waals surface area contributed by atoms with Gasteiger partial charge in [0, 0.05) is 31.1 Å². The van der Waals surface area contributed by atoms with Crippen molar-refractivity contribution in [1.82, 2.24) is 10.2 Å². The zero-order chi connectivity index (χ0) is 13.8. The van der Waals surface area contributed by atoms with E-state index in [1.807, 2.05) is 29.2 Å². The van der Waals surface area contributed by atoms with E-state index in [-0.39, 0.29) is 24.4 Å². The molecule has 1 heterocycles. The van der Waals surface area contributed by atoms with Crippen LogP contribution in [0.15, 0.2) is 24.3 Å². The third-order valence-corrected chi connectivity index (χ3v) is 3.76. The molecule has 1 saturated heterocycles. The van der Waals surface area contributed by atoms with Crippen molar-refractivity contribution in [3.63, 3.8) is 0 Å². The van der Waals surface area contributed by atoms with E-state index in [2.05, 4.69) is 19.2 Å². The third-order valence-electron chi connectivity index (χ3n) is 3.41. The van der Waals surface area contributed by atoms with Crippen molar-refractivity contribution < 1.29 is 4.79 Å². The molecule has 1 aliphatic rings. The maximum atomic E-state index is 12.4. The minimum Gasteiger partial charge on any atom is -0.333 e. The van der Waals surface area contributed by atoms with Gasteiger partial charge in [-0.2, -0.15) is 0 Å². The first-order chi connectivity index (χ1) is 9.09. The van der Waals surface area contributed by atoms with Gasteiger partial charge in [-0.05, 0) is 17.5 Å². The molecular weight excluding hydrogens is 295 g/mol. The second-order valence-corrected chi connectivity index (χ2v) is 5.83. The van der Waals surface area contributed by atoms with Crippen LogP contribution in [0, 0.1) is 5.92 Å². The minimum absolute atomic E-state index is 0. The molecule has 1 unspecified atom stereocenters. The molecule has 1 atom stereocenters. The maximum Gasteiger partial charge on any atom is 0.223 e. The molecule has 0 aliphatic carbocycles. The van der Waals surface area contributed by atoms with E-state index in [0.29, 0.717) is 12.3 Å². The Labute approximate surface area is 132 Å². The maximum absolute atomic E-state index is 12.4. The number of carbonyl (C=O) groups excluding carboxylic acids is 1. The number of piperazine rings is 1. The standard InChI is InChI=1S/C15H21ClN2O.ClH/c1-11(2)9-15(19)18-8-7-17-10-14(18)12-5-3-4-6-13(12)16;/h3-6,11,14,17H,7-10H2,1-2H3;1H. The van der Waals surface area contributed by atoms with Gasteiger partial charge < -0.3 is 10.2 Å². The highest BCUT2D eigenvalue weighted by Gasteiger charge is 2.29. The molecule has 5 heteroatoms. The van der Waals surface area contributed by atoms with E-state index >= 15 is 0 Å². The Morgan fingerprint density at radius 3 is 2.80 bits per heavy atom. The van der Waals surface area contributed by atoms with Crippen LogP contribution in [0.4, 0.5) is 0 Å². The molecule has 1 amide bonds. The molecule has 0 aromatic heterocycles. The number of nitrogens with one attached hydrogen (secondary N) is 1. The van der Waals surface area contributed by atoms with E-state index in [1.165, 1.54) is 0 Å². The molecule has 3 nitrogen and oxygen atoms in total. The molecule has 20 heavy (non-hydrogen) atoms. The minimum atomic E-state index is 0. The van der Waals surface area contributed by atoms with Gasteiger partial charge in [-0.15, -0.1) is 12.4 Å². The number of halogens is 2. The van der Waals surface area contributed by atoms with Gasteiger partial charge >= 0.3 is 0 Å². The molecule has 1 aliphatic heterocycles. The van der Waals surface area contributed by atoms with Crippen LogP contribution in [0.1, 0.15) is 31.9 Å². The lowest BCUT2D eigenvalue weighted by atomic mass is 10.0. The topological polar surface area (TPSA) is 32.3 Å². The Balaban J connectivity index is 0.00000200. The van der Waals surface area contributed by atoms with Gasteiger partial charge in [0.2, 0.25) is 5.91 Å². The second-order valence-electron chi connectivity index (χ2n) is 5.43. The summed E-state index contributed by atoms with van der Waals surface area (Å²) in [6, 6.07) is 7.84. The first-order valence-corrected chi connectivity index (χ1v) is 7.22. The van der Waals surface area contributed by atoms with Gasteiger partial charge in [-0.25, -0.2) is 0 Å². The lowest BCUT2D eigenvalue weighted by Crippen LogP contribution is -2.49. The number of hydrogen-bond donors (Lipinski definition) is 1. The summed E-state index contributed by atoms with van der Waals surface area (Å²) >= 11 is 6.27. The lowest BCUT2D eigenvalue weighted by Gasteiger charge is -2.37. The largest absolute Gasteiger partial charge is 0.333 e. The number of hydrogen-bond acceptors (Lipinski definition) is 2. The van der Waals surface area contributed by atoms with Crippen molar-refractivity contribution in [1.29, 1.82) is 0 Å². The van der Waals surface area contributed by atoms with Crippen LogP contribution in [0.25, 0.3) is 0 Å². The van der Waals surface area contributed by atoms with Gasteiger partial charge in [-0.3, -0.25) is 4.79 Å². The third kappa shape index (κ3) is 4.11. The summed E-state index contributed by atoms with van der Waals surface area (Å²) in [6.07, 6.45) is 0.598. The Kier molecular flexibility index (Phi) is 6.80. The second kappa shape index (κ2) is 7.87. The van der Waals surface area contributed by atoms with E-state index < -0.39 is 0 Å². The molecule has 0 bridgehead atoms. The normalized spacial score (nSPS) is 18.8. The SMILES string of the molecule is CC(C)CC(=O)N1CCNCC1c1ccccc1Cl.Cl. The summed E-state index contributed by atoms with van der Waals surface area (Å²) in [5, 5.41) is 4.08. The van der Waals surface area contributed by atoms with Crippen molar-refractivity contribution in [2.45, 2.75) is 26.3 Å². The van der Waals surface area contributed by atoms with Crippen molar-refractivity contribution in [2.75, 3.05) is 19.6 Å². The van der Waals surface area contributed by atoms with Crippen LogP contribution >= 0.6 is 24.0 Å². The molecule has 1 aromatic carbocycles.